The molecular formula is C23H24N4O4. The minimum absolute atomic E-state index is 0.0142. The number of rotatable bonds is 3. The summed E-state index contributed by atoms with van der Waals surface area (Å²) in [5.41, 5.74) is 3.29. The minimum Gasteiger partial charge on any atom is -0.486 e. The van der Waals surface area contributed by atoms with Gasteiger partial charge in [-0.3, -0.25) is 4.79 Å². The molecule has 2 aliphatic rings. The van der Waals surface area contributed by atoms with Crippen LogP contribution in [0, 0.1) is 13.8 Å². The fourth-order valence-electron chi connectivity index (χ4n) is 4.19. The summed E-state index contributed by atoms with van der Waals surface area (Å²) in [6.07, 6.45) is 3.46. The number of carbonyl (C=O) groups excluding carboxylic acids is 1. The first-order valence-corrected chi connectivity index (χ1v) is 10.5. The highest BCUT2D eigenvalue weighted by Gasteiger charge is 2.29. The third-order valence-corrected chi connectivity index (χ3v) is 5.79. The van der Waals surface area contributed by atoms with E-state index in [0.29, 0.717) is 49.1 Å². The average molecular weight is 420 g/mol. The molecule has 0 aliphatic carbocycles. The fraction of sp³-hybridized carbons (Fsp3) is 0.391. The number of ether oxygens (including phenoxy) is 2. The molecule has 1 fully saturated rings. The number of piperidine rings is 1. The maximum atomic E-state index is 13.1. The number of hydrogen-bond acceptors (Lipinski definition) is 7. The van der Waals surface area contributed by atoms with Crippen molar-refractivity contribution in [2.24, 2.45) is 0 Å². The van der Waals surface area contributed by atoms with Gasteiger partial charge in [-0.1, -0.05) is 5.16 Å². The van der Waals surface area contributed by atoms with E-state index in [1.807, 2.05) is 37.1 Å². The SMILES string of the molecule is Cc1cc(-c2cnc(C)nc2C2CCN(C(=O)c3ccc4c(c3)OCCO4)CC2)on1. The summed E-state index contributed by atoms with van der Waals surface area (Å²) in [5.74, 6) is 2.98. The molecule has 8 heteroatoms. The lowest BCUT2D eigenvalue weighted by Gasteiger charge is -2.32. The number of nitrogens with zero attached hydrogens (tertiary/aromatic N) is 4. The summed E-state index contributed by atoms with van der Waals surface area (Å²) < 4.78 is 16.6. The van der Waals surface area contributed by atoms with Gasteiger partial charge in [-0.15, -0.1) is 0 Å². The lowest BCUT2D eigenvalue weighted by atomic mass is 9.90. The molecule has 1 amide bonds. The van der Waals surface area contributed by atoms with E-state index in [-0.39, 0.29) is 11.8 Å². The van der Waals surface area contributed by atoms with E-state index in [1.165, 1.54) is 0 Å². The molecule has 160 valence electrons. The van der Waals surface area contributed by atoms with E-state index in [0.717, 1.165) is 35.6 Å². The zero-order valence-electron chi connectivity index (χ0n) is 17.6. The van der Waals surface area contributed by atoms with E-state index in [2.05, 4.69) is 10.1 Å². The fourth-order valence-corrected chi connectivity index (χ4v) is 4.19. The van der Waals surface area contributed by atoms with Gasteiger partial charge in [-0.25, -0.2) is 9.97 Å². The molecule has 0 radical (unpaired) electrons. The van der Waals surface area contributed by atoms with Crippen LogP contribution in [0.5, 0.6) is 11.5 Å². The first kappa shape index (κ1) is 19.5. The Hall–Kier alpha value is -3.42. The Balaban J connectivity index is 1.32. The van der Waals surface area contributed by atoms with Crippen LogP contribution in [0.15, 0.2) is 35.0 Å². The Labute approximate surface area is 180 Å². The molecular weight excluding hydrogens is 396 g/mol. The zero-order chi connectivity index (χ0) is 21.4. The normalized spacial score (nSPS) is 16.4. The Morgan fingerprint density at radius 3 is 2.58 bits per heavy atom. The molecule has 0 unspecified atom stereocenters. The van der Waals surface area contributed by atoms with Crippen LogP contribution in [0.25, 0.3) is 11.3 Å². The average Bonchev–Trinajstić information content (AvgIpc) is 3.24. The van der Waals surface area contributed by atoms with Crippen LogP contribution in [-0.4, -0.2) is 52.2 Å². The monoisotopic (exact) mass is 420 g/mol. The molecule has 3 aromatic rings. The van der Waals surface area contributed by atoms with Crippen molar-refractivity contribution in [3.63, 3.8) is 0 Å². The lowest BCUT2D eigenvalue weighted by molar-refractivity contribution is 0.0711. The van der Waals surface area contributed by atoms with Crippen LogP contribution in [0.4, 0.5) is 0 Å². The molecule has 0 bridgehead atoms. The molecule has 2 aromatic heterocycles. The van der Waals surface area contributed by atoms with Gasteiger partial charge in [0.25, 0.3) is 5.91 Å². The molecule has 31 heavy (non-hydrogen) atoms. The van der Waals surface area contributed by atoms with Crippen molar-refractivity contribution in [3.8, 4) is 22.8 Å². The van der Waals surface area contributed by atoms with Crippen molar-refractivity contribution >= 4 is 5.91 Å². The largest absolute Gasteiger partial charge is 0.486 e. The van der Waals surface area contributed by atoms with Crippen molar-refractivity contribution in [2.75, 3.05) is 26.3 Å². The summed E-state index contributed by atoms with van der Waals surface area (Å²) >= 11 is 0. The number of benzene rings is 1. The lowest BCUT2D eigenvalue weighted by Crippen LogP contribution is -2.38. The Morgan fingerprint density at radius 2 is 1.84 bits per heavy atom. The summed E-state index contributed by atoms with van der Waals surface area (Å²) in [4.78, 5) is 24.0. The number of likely N-dealkylation sites (tertiary alicyclic amines) is 1. The zero-order valence-corrected chi connectivity index (χ0v) is 17.6. The number of aryl methyl sites for hydroxylation is 2. The second-order valence-electron chi connectivity index (χ2n) is 7.97. The van der Waals surface area contributed by atoms with Crippen LogP contribution in [0.3, 0.4) is 0 Å². The molecule has 0 spiro atoms. The van der Waals surface area contributed by atoms with E-state index in [4.69, 9.17) is 19.0 Å². The van der Waals surface area contributed by atoms with E-state index >= 15 is 0 Å². The molecule has 1 saturated heterocycles. The molecule has 5 rings (SSSR count). The van der Waals surface area contributed by atoms with Gasteiger partial charge in [-0.2, -0.15) is 0 Å². The van der Waals surface area contributed by atoms with Gasteiger partial charge < -0.3 is 18.9 Å². The molecule has 0 atom stereocenters. The second kappa shape index (κ2) is 8.02. The standard InChI is InChI=1S/C23H24N4O4/c1-14-11-20(31-26-14)18-13-24-15(2)25-22(18)16-5-7-27(8-6-16)23(28)17-3-4-19-21(12-17)30-10-9-29-19/h3-4,11-13,16H,5-10H2,1-2H3. The molecule has 2 aliphatic heterocycles. The number of fused-ring (bicyclic) bond motifs is 1. The summed E-state index contributed by atoms with van der Waals surface area (Å²) in [6.45, 7) is 6.14. The Kier molecular flexibility index (Phi) is 5.05. The van der Waals surface area contributed by atoms with Crippen molar-refractivity contribution in [1.29, 1.82) is 0 Å². The molecule has 1 aromatic carbocycles. The van der Waals surface area contributed by atoms with Gasteiger partial charge in [0.1, 0.15) is 19.0 Å². The van der Waals surface area contributed by atoms with Crippen molar-refractivity contribution < 1.29 is 18.8 Å². The molecule has 8 nitrogen and oxygen atoms in total. The van der Waals surface area contributed by atoms with Crippen LogP contribution in [0.2, 0.25) is 0 Å². The van der Waals surface area contributed by atoms with Crippen molar-refractivity contribution in [1.82, 2.24) is 20.0 Å². The van der Waals surface area contributed by atoms with Gasteiger partial charge in [0.2, 0.25) is 0 Å². The van der Waals surface area contributed by atoms with E-state index in [1.54, 1.807) is 12.1 Å². The number of aromatic nitrogens is 3. The highest BCUT2D eigenvalue weighted by molar-refractivity contribution is 5.95. The molecule has 4 heterocycles. The highest BCUT2D eigenvalue weighted by atomic mass is 16.6. The number of hydrogen-bond donors (Lipinski definition) is 0. The van der Waals surface area contributed by atoms with Crippen molar-refractivity contribution in [3.05, 3.63) is 53.2 Å². The number of amides is 1. The van der Waals surface area contributed by atoms with Gasteiger partial charge >= 0.3 is 0 Å². The molecule has 0 saturated carbocycles. The summed E-state index contributed by atoms with van der Waals surface area (Å²) in [5, 5.41) is 4.00. The highest BCUT2D eigenvalue weighted by Crippen LogP contribution is 2.35. The van der Waals surface area contributed by atoms with Gasteiger partial charge in [0.15, 0.2) is 17.3 Å². The summed E-state index contributed by atoms with van der Waals surface area (Å²) in [6, 6.07) is 7.29. The van der Waals surface area contributed by atoms with Crippen LogP contribution >= 0.6 is 0 Å². The topological polar surface area (TPSA) is 90.6 Å². The Bertz CT molecular complexity index is 1120. The van der Waals surface area contributed by atoms with Crippen LogP contribution in [-0.2, 0) is 0 Å². The predicted octanol–water partition coefficient (Wildman–Crippen LogP) is 3.54. The van der Waals surface area contributed by atoms with E-state index in [9.17, 15) is 4.79 Å². The molecule has 0 N–H and O–H groups in total. The maximum Gasteiger partial charge on any atom is 0.253 e. The number of carbonyl (C=O) groups is 1. The van der Waals surface area contributed by atoms with E-state index < -0.39 is 0 Å². The second-order valence-corrected chi connectivity index (χ2v) is 7.97. The third kappa shape index (κ3) is 3.85. The first-order chi connectivity index (χ1) is 15.1. The van der Waals surface area contributed by atoms with Gasteiger partial charge in [0, 0.05) is 36.8 Å². The first-order valence-electron chi connectivity index (χ1n) is 10.5. The van der Waals surface area contributed by atoms with Crippen molar-refractivity contribution in [2.45, 2.75) is 32.6 Å². The van der Waals surface area contributed by atoms with Crippen LogP contribution in [0.1, 0.15) is 46.3 Å². The van der Waals surface area contributed by atoms with Gasteiger partial charge in [-0.05, 0) is 44.9 Å². The minimum atomic E-state index is 0.0142. The third-order valence-electron chi connectivity index (χ3n) is 5.79. The Morgan fingerprint density at radius 1 is 1.06 bits per heavy atom. The quantitative estimate of drug-likeness (QED) is 0.640. The maximum absolute atomic E-state index is 13.1. The van der Waals surface area contributed by atoms with Gasteiger partial charge in [0.05, 0.1) is 17.0 Å². The smallest absolute Gasteiger partial charge is 0.253 e. The summed E-state index contributed by atoms with van der Waals surface area (Å²) in [7, 11) is 0. The van der Waals surface area contributed by atoms with Crippen LogP contribution < -0.4 is 9.47 Å². The predicted molar refractivity (Wildman–Crippen MR) is 112 cm³/mol.